The number of ether oxygens (including phenoxy) is 3. The lowest BCUT2D eigenvalue weighted by molar-refractivity contribution is 0.0498. The second-order valence-electron chi connectivity index (χ2n) is 8.24. The first-order valence-electron chi connectivity index (χ1n) is 10.5. The van der Waals surface area contributed by atoms with Crippen LogP contribution in [0.5, 0.6) is 5.75 Å². The van der Waals surface area contributed by atoms with Crippen LogP contribution in [0.2, 0.25) is 0 Å². The van der Waals surface area contributed by atoms with Crippen molar-refractivity contribution in [1.29, 1.82) is 0 Å². The van der Waals surface area contributed by atoms with E-state index < -0.39 is 0 Å². The lowest BCUT2D eigenvalue weighted by atomic mass is 10.0. The van der Waals surface area contributed by atoms with E-state index in [4.69, 9.17) is 14.2 Å². The second kappa shape index (κ2) is 8.73. The van der Waals surface area contributed by atoms with Gasteiger partial charge < -0.3 is 19.5 Å². The summed E-state index contributed by atoms with van der Waals surface area (Å²) in [4.78, 5) is 8.90. The van der Waals surface area contributed by atoms with Crippen molar-refractivity contribution < 1.29 is 18.6 Å². The van der Waals surface area contributed by atoms with Crippen molar-refractivity contribution in [3.05, 3.63) is 48.0 Å². The van der Waals surface area contributed by atoms with E-state index >= 15 is 0 Å². The zero-order chi connectivity index (χ0) is 22.2. The third-order valence-corrected chi connectivity index (χ3v) is 6.28. The van der Waals surface area contributed by atoms with E-state index in [1.165, 1.54) is 18.5 Å². The van der Waals surface area contributed by atoms with Crippen molar-refractivity contribution in [1.82, 2.24) is 9.97 Å². The second-order valence-corrected chi connectivity index (χ2v) is 9.97. The highest BCUT2D eigenvalue weighted by Crippen LogP contribution is 2.36. The Morgan fingerprint density at radius 2 is 2.03 bits per heavy atom. The number of aromatic nitrogens is 2. The molecule has 5 rings (SSSR count). The van der Waals surface area contributed by atoms with Gasteiger partial charge in [0.1, 0.15) is 29.8 Å². The number of aryl methyl sites for hydroxylation is 1. The van der Waals surface area contributed by atoms with Crippen LogP contribution in [-0.4, -0.2) is 54.5 Å². The molecule has 0 amide bonds. The van der Waals surface area contributed by atoms with Crippen molar-refractivity contribution in [2.45, 2.75) is 19.1 Å². The van der Waals surface area contributed by atoms with Crippen LogP contribution in [0.15, 0.2) is 41.0 Å². The van der Waals surface area contributed by atoms with Gasteiger partial charge >= 0.3 is 0 Å². The van der Waals surface area contributed by atoms with Crippen molar-refractivity contribution >= 4 is 38.8 Å². The van der Waals surface area contributed by atoms with Crippen LogP contribution in [0, 0.1) is 18.7 Å². The lowest BCUT2D eigenvalue weighted by Gasteiger charge is -2.20. The number of hydrogen-bond donors (Lipinski definition) is 1. The molecule has 0 saturated carbocycles. The van der Waals surface area contributed by atoms with Crippen LogP contribution >= 0.6 is 0 Å². The van der Waals surface area contributed by atoms with E-state index in [0.29, 0.717) is 37.1 Å². The molecule has 168 valence electrons. The SMILES string of the molecule is Cc1cc(N=S(C)C)cc2ncnc(Nc3ccc(F)cc3O[C@@H]3CO[C@@H]4COCC43)c12. The number of halogens is 1. The quantitative estimate of drug-likeness (QED) is 0.617. The van der Waals surface area contributed by atoms with Gasteiger partial charge in [-0.25, -0.2) is 18.7 Å². The number of fused-ring (bicyclic) bond motifs is 2. The van der Waals surface area contributed by atoms with Crippen LogP contribution < -0.4 is 10.1 Å². The van der Waals surface area contributed by atoms with E-state index in [0.717, 1.165) is 22.2 Å². The summed E-state index contributed by atoms with van der Waals surface area (Å²) in [6, 6.07) is 8.44. The Morgan fingerprint density at radius 3 is 2.88 bits per heavy atom. The van der Waals surface area contributed by atoms with Gasteiger partial charge in [0, 0.05) is 11.5 Å². The van der Waals surface area contributed by atoms with E-state index in [1.807, 2.05) is 19.1 Å². The predicted octanol–water partition coefficient (Wildman–Crippen LogP) is 4.31. The number of nitrogens with one attached hydrogen (secondary N) is 1. The van der Waals surface area contributed by atoms with Gasteiger partial charge in [0.25, 0.3) is 0 Å². The highest BCUT2D eigenvalue weighted by Gasteiger charge is 2.43. The number of benzene rings is 2. The zero-order valence-electron chi connectivity index (χ0n) is 18.2. The monoisotopic (exact) mass is 456 g/mol. The van der Waals surface area contributed by atoms with Gasteiger partial charge in [-0.05, 0) is 49.3 Å². The number of hydrogen-bond acceptors (Lipinski definition) is 7. The average Bonchev–Trinajstić information content (AvgIpc) is 3.34. The molecule has 9 heteroatoms. The van der Waals surface area contributed by atoms with Gasteiger partial charge in [-0.1, -0.05) is 0 Å². The minimum Gasteiger partial charge on any atom is -0.485 e. The number of nitrogens with zero attached hydrogens (tertiary/aromatic N) is 3. The van der Waals surface area contributed by atoms with Crippen molar-refractivity contribution in [3.63, 3.8) is 0 Å². The summed E-state index contributed by atoms with van der Waals surface area (Å²) in [7, 11) is -0.0699. The highest BCUT2D eigenvalue weighted by molar-refractivity contribution is 7.85. The fraction of sp³-hybridized carbons (Fsp3) is 0.391. The first-order valence-corrected chi connectivity index (χ1v) is 12.4. The van der Waals surface area contributed by atoms with Gasteiger partial charge in [0.2, 0.25) is 0 Å². The van der Waals surface area contributed by atoms with Crippen LogP contribution in [0.25, 0.3) is 10.9 Å². The van der Waals surface area contributed by atoms with Crippen molar-refractivity contribution in [2.75, 3.05) is 37.6 Å². The molecule has 0 spiro atoms. The largest absolute Gasteiger partial charge is 0.485 e. The molecule has 2 aliphatic heterocycles. The molecule has 2 aromatic carbocycles. The molecule has 2 aliphatic rings. The maximum absolute atomic E-state index is 14.1. The Labute approximate surface area is 188 Å². The molecule has 0 radical (unpaired) electrons. The summed E-state index contributed by atoms with van der Waals surface area (Å²) in [6.07, 6.45) is 5.51. The normalized spacial score (nSPS) is 22.3. The van der Waals surface area contributed by atoms with E-state index in [9.17, 15) is 4.39 Å². The maximum atomic E-state index is 14.1. The zero-order valence-corrected chi connectivity index (χ0v) is 19.0. The van der Waals surface area contributed by atoms with Gasteiger partial charge in [0.05, 0.1) is 48.7 Å². The summed E-state index contributed by atoms with van der Waals surface area (Å²) in [5.74, 6) is 0.834. The minimum atomic E-state index is -0.367. The molecular weight excluding hydrogens is 431 g/mol. The summed E-state index contributed by atoms with van der Waals surface area (Å²) in [6.45, 7) is 3.65. The lowest BCUT2D eigenvalue weighted by Crippen LogP contribution is -2.28. The Balaban J connectivity index is 1.48. The standard InChI is InChI=1S/C23H25FN4O3S/c1-13-6-15(28-32(2)3)8-18-22(13)23(26-12-25-18)27-17-5-4-14(24)7-19(17)31-21-11-30-20-10-29-9-16(20)21/h4-8,12,16,20-21H,9-11H2,1-3H3,(H,25,26,27)/t16?,20-,21-/m1/s1. The Bertz CT molecular complexity index is 1200. The van der Waals surface area contributed by atoms with E-state index in [2.05, 4.69) is 32.2 Å². The smallest absolute Gasteiger partial charge is 0.146 e. The van der Waals surface area contributed by atoms with Crippen molar-refractivity contribution in [3.8, 4) is 5.75 Å². The van der Waals surface area contributed by atoms with Crippen LogP contribution in [0.3, 0.4) is 0 Å². The Morgan fingerprint density at radius 1 is 1.16 bits per heavy atom. The van der Waals surface area contributed by atoms with Gasteiger partial charge in [0.15, 0.2) is 0 Å². The number of anilines is 2. The maximum Gasteiger partial charge on any atom is 0.146 e. The predicted molar refractivity (Wildman–Crippen MR) is 124 cm³/mol. The highest BCUT2D eigenvalue weighted by atomic mass is 32.2. The molecule has 1 N–H and O–H groups in total. The summed E-state index contributed by atoms with van der Waals surface area (Å²) >= 11 is 0. The van der Waals surface area contributed by atoms with Gasteiger partial charge in [-0.2, -0.15) is 0 Å². The molecule has 3 atom stereocenters. The molecule has 2 saturated heterocycles. The summed E-state index contributed by atoms with van der Waals surface area (Å²) in [5, 5.41) is 4.22. The van der Waals surface area contributed by atoms with Gasteiger partial charge in [-0.3, -0.25) is 0 Å². The molecular formula is C23H25FN4O3S. The molecule has 1 aromatic heterocycles. The first kappa shape index (κ1) is 21.2. The third kappa shape index (κ3) is 4.20. The summed E-state index contributed by atoms with van der Waals surface area (Å²) < 4.78 is 36.2. The molecule has 0 aliphatic carbocycles. The van der Waals surface area contributed by atoms with Crippen LogP contribution in [0.1, 0.15) is 5.56 Å². The van der Waals surface area contributed by atoms with Crippen LogP contribution in [0.4, 0.5) is 21.6 Å². The number of rotatable bonds is 5. The summed E-state index contributed by atoms with van der Waals surface area (Å²) in [5.41, 5.74) is 3.33. The topological polar surface area (TPSA) is 77.9 Å². The molecule has 0 bridgehead atoms. The van der Waals surface area contributed by atoms with Gasteiger partial charge in [-0.15, -0.1) is 10.7 Å². The van der Waals surface area contributed by atoms with E-state index in [-0.39, 0.29) is 34.6 Å². The Hall–Kier alpha value is -2.62. The van der Waals surface area contributed by atoms with E-state index in [1.54, 1.807) is 6.07 Å². The average molecular weight is 457 g/mol. The first-order chi connectivity index (χ1) is 15.5. The molecule has 7 nitrogen and oxygen atoms in total. The van der Waals surface area contributed by atoms with Crippen LogP contribution in [-0.2, 0) is 20.2 Å². The molecule has 32 heavy (non-hydrogen) atoms. The minimum absolute atomic E-state index is 0.0458. The fourth-order valence-corrected chi connectivity index (χ4v) is 4.78. The fourth-order valence-electron chi connectivity index (χ4n) is 4.25. The molecule has 2 fully saturated rings. The van der Waals surface area contributed by atoms with Crippen molar-refractivity contribution in [2.24, 2.45) is 10.3 Å². The third-order valence-electron chi connectivity index (χ3n) is 5.71. The molecule has 3 heterocycles. The Kier molecular flexibility index (Phi) is 5.79. The molecule has 1 unspecified atom stereocenters. The molecule has 3 aromatic rings.